The van der Waals surface area contributed by atoms with Crippen LogP contribution in [0.15, 0.2) is 41.5 Å². The molecule has 0 aliphatic carbocycles. The van der Waals surface area contributed by atoms with E-state index in [0.29, 0.717) is 12.2 Å². The van der Waals surface area contributed by atoms with Crippen molar-refractivity contribution >= 4 is 11.6 Å². The lowest BCUT2D eigenvalue weighted by atomic mass is 10.3. The molecule has 0 radical (unpaired) electrons. The molecule has 0 atom stereocenters. The number of nitrogens with zero attached hydrogens (tertiary/aromatic N) is 3. The Labute approximate surface area is 116 Å². The number of carbonyl (C=O) groups excluding carboxylic acids is 1. The monoisotopic (exact) mass is 272 g/mol. The SMILES string of the molecule is CCCCn1nc(C(=O)Nc2ccncc2)ccc1=O. The first kappa shape index (κ1) is 13.9. The van der Waals surface area contributed by atoms with Crippen LogP contribution in [0.25, 0.3) is 0 Å². The minimum absolute atomic E-state index is 0.195. The van der Waals surface area contributed by atoms with Crippen molar-refractivity contribution in [3.05, 3.63) is 52.7 Å². The Morgan fingerprint density at radius 2 is 2.00 bits per heavy atom. The van der Waals surface area contributed by atoms with Gasteiger partial charge in [-0.05, 0) is 24.6 Å². The van der Waals surface area contributed by atoms with E-state index in [1.165, 1.54) is 16.8 Å². The molecular weight excluding hydrogens is 256 g/mol. The minimum atomic E-state index is -0.346. The molecule has 0 unspecified atom stereocenters. The van der Waals surface area contributed by atoms with Crippen molar-refractivity contribution in [3.8, 4) is 0 Å². The van der Waals surface area contributed by atoms with Gasteiger partial charge in [0.1, 0.15) is 5.69 Å². The van der Waals surface area contributed by atoms with Crippen LogP contribution in [0.1, 0.15) is 30.3 Å². The van der Waals surface area contributed by atoms with Crippen LogP contribution in [0, 0.1) is 0 Å². The molecule has 0 bridgehead atoms. The number of hydrogen-bond acceptors (Lipinski definition) is 4. The van der Waals surface area contributed by atoms with Crippen LogP contribution < -0.4 is 10.9 Å². The largest absolute Gasteiger partial charge is 0.320 e. The number of hydrogen-bond donors (Lipinski definition) is 1. The lowest BCUT2D eigenvalue weighted by Gasteiger charge is -2.07. The summed E-state index contributed by atoms with van der Waals surface area (Å²) < 4.78 is 1.32. The number of nitrogens with one attached hydrogen (secondary N) is 1. The maximum atomic E-state index is 12.0. The van der Waals surface area contributed by atoms with Gasteiger partial charge >= 0.3 is 0 Å². The van der Waals surface area contributed by atoms with Gasteiger partial charge in [-0.1, -0.05) is 13.3 Å². The molecule has 104 valence electrons. The van der Waals surface area contributed by atoms with Crippen molar-refractivity contribution in [2.45, 2.75) is 26.3 Å². The molecule has 6 heteroatoms. The van der Waals surface area contributed by atoms with E-state index in [2.05, 4.69) is 15.4 Å². The van der Waals surface area contributed by atoms with Crippen LogP contribution in [-0.4, -0.2) is 20.7 Å². The first-order valence-electron chi connectivity index (χ1n) is 6.50. The predicted molar refractivity (Wildman–Crippen MR) is 75.6 cm³/mol. The average molecular weight is 272 g/mol. The van der Waals surface area contributed by atoms with Crippen LogP contribution in [0.4, 0.5) is 5.69 Å². The number of amides is 1. The van der Waals surface area contributed by atoms with E-state index in [9.17, 15) is 9.59 Å². The lowest BCUT2D eigenvalue weighted by molar-refractivity contribution is 0.101. The summed E-state index contributed by atoms with van der Waals surface area (Å²) in [4.78, 5) is 27.5. The van der Waals surface area contributed by atoms with Gasteiger partial charge in [-0.15, -0.1) is 0 Å². The molecule has 20 heavy (non-hydrogen) atoms. The van der Waals surface area contributed by atoms with Gasteiger partial charge < -0.3 is 5.32 Å². The number of rotatable bonds is 5. The zero-order valence-corrected chi connectivity index (χ0v) is 11.2. The van der Waals surface area contributed by atoms with Gasteiger partial charge in [0.2, 0.25) is 0 Å². The molecule has 0 saturated heterocycles. The zero-order valence-electron chi connectivity index (χ0n) is 11.2. The third-order valence-corrected chi connectivity index (χ3v) is 2.76. The summed E-state index contributed by atoms with van der Waals surface area (Å²) in [5.41, 5.74) is 0.662. The molecule has 1 amide bonds. The van der Waals surface area contributed by atoms with E-state index in [0.717, 1.165) is 12.8 Å². The van der Waals surface area contributed by atoms with Crippen molar-refractivity contribution in [1.82, 2.24) is 14.8 Å². The van der Waals surface area contributed by atoms with Crippen molar-refractivity contribution in [2.75, 3.05) is 5.32 Å². The Morgan fingerprint density at radius 1 is 1.25 bits per heavy atom. The standard InChI is InChI=1S/C14H16N4O2/c1-2-3-10-18-13(19)5-4-12(17-18)14(20)16-11-6-8-15-9-7-11/h4-9H,2-3,10H2,1H3,(H,15,16,20). The van der Waals surface area contributed by atoms with Gasteiger partial charge in [0, 0.05) is 30.7 Å². The number of pyridine rings is 1. The highest BCUT2D eigenvalue weighted by atomic mass is 16.2. The quantitative estimate of drug-likeness (QED) is 0.898. The molecule has 6 nitrogen and oxygen atoms in total. The smallest absolute Gasteiger partial charge is 0.276 e. The average Bonchev–Trinajstić information content (AvgIpc) is 2.47. The third-order valence-electron chi connectivity index (χ3n) is 2.76. The molecule has 2 rings (SSSR count). The Balaban J connectivity index is 2.16. The summed E-state index contributed by atoms with van der Waals surface area (Å²) in [6.07, 6.45) is 4.99. The second-order valence-corrected chi connectivity index (χ2v) is 4.32. The van der Waals surface area contributed by atoms with Crippen LogP contribution in [0.2, 0.25) is 0 Å². The molecule has 0 aliphatic heterocycles. The molecule has 2 aromatic heterocycles. The summed E-state index contributed by atoms with van der Waals surface area (Å²) >= 11 is 0. The topological polar surface area (TPSA) is 76.9 Å². The summed E-state index contributed by atoms with van der Waals surface area (Å²) in [6.45, 7) is 2.55. The fourth-order valence-electron chi connectivity index (χ4n) is 1.67. The first-order chi connectivity index (χ1) is 9.70. The maximum Gasteiger partial charge on any atom is 0.276 e. The van der Waals surface area contributed by atoms with Gasteiger partial charge in [-0.2, -0.15) is 5.10 Å². The molecule has 0 fully saturated rings. The lowest BCUT2D eigenvalue weighted by Crippen LogP contribution is -2.26. The Morgan fingerprint density at radius 3 is 2.70 bits per heavy atom. The Bertz CT molecular complexity index is 637. The van der Waals surface area contributed by atoms with Crippen LogP contribution >= 0.6 is 0 Å². The number of aromatic nitrogens is 3. The van der Waals surface area contributed by atoms with E-state index in [1.807, 2.05) is 6.92 Å². The second-order valence-electron chi connectivity index (χ2n) is 4.32. The van der Waals surface area contributed by atoms with Gasteiger partial charge in [0.25, 0.3) is 11.5 Å². The van der Waals surface area contributed by atoms with Crippen LogP contribution in [0.3, 0.4) is 0 Å². The van der Waals surface area contributed by atoms with Crippen molar-refractivity contribution < 1.29 is 4.79 Å². The molecule has 0 aromatic carbocycles. The van der Waals surface area contributed by atoms with Crippen molar-refractivity contribution in [1.29, 1.82) is 0 Å². The number of unbranched alkanes of at least 4 members (excludes halogenated alkanes) is 1. The summed E-state index contributed by atoms with van der Waals surface area (Å²) in [5.74, 6) is -0.346. The molecule has 2 aromatic rings. The Hall–Kier alpha value is -2.50. The van der Waals surface area contributed by atoms with Gasteiger partial charge in [-0.25, -0.2) is 4.68 Å². The minimum Gasteiger partial charge on any atom is -0.320 e. The maximum absolute atomic E-state index is 12.0. The highest BCUT2D eigenvalue weighted by molar-refractivity contribution is 6.02. The van der Waals surface area contributed by atoms with Crippen LogP contribution in [-0.2, 0) is 6.54 Å². The highest BCUT2D eigenvalue weighted by Gasteiger charge is 2.09. The normalized spacial score (nSPS) is 10.2. The molecule has 0 spiro atoms. The Kier molecular flexibility index (Phi) is 4.60. The predicted octanol–water partition coefficient (Wildman–Crippen LogP) is 1.69. The van der Waals surface area contributed by atoms with Gasteiger partial charge in [-0.3, -0.25) is 14.6 Å². The summed E-state index contributed by atoms with van der Waals surface area (Å²) in [5, 5.41) is 6.79. The molecule has 1 N–H and O–H groups in total. The zero-order chi connectivity index (χ0) is 14.4. The number of aryl methyl sites for hydroxylation is 1. The van der Waals surface area contributed by atoms with E-state index >= 15 is 0 Å². The summed E-state index contributed by atoms with van der Waals surface area (Å²) in [6, 6.07) is 6.17. The van der Waals surface area contributed by atoms with E-state index in [-0.39, 0.29) is 17.2 Å². The van der Waals surface area contributed by atoms with E-state index in [1.54, 1.807) is 24.5 Å². The van der Waals surface area contributed by atoms with Gasteiger partial charge in [0.05, 0.1) is 0 Å². The summed E-state index contributed by atoms with van der Waals surface area (Å²) in [7, 11) is 0. The molecule has 0 saturated carbocycles. The first-order valence-corrected chi connectivity index (χ1v) is 6.50. The second kappa shape index (κ2) is 6.60. The molecular formula is C14H16N4O2. The van der Waals surface area contributed by atoms with Crippen molar-refractivity contribution in [3.63, 3.8) is 0 Å². The highest BCUT2D eigenvalue weighted by Crippen LogP contribution is 2.05. The number of anilines is 1. The van der Waals surface area contributed by atoms with E-state index in [4.69, 9.17) is 0 Å². The number of carbonyl (C=O) groups is 1. The molecule has 2 heterocycles. The van der Waals surface area contributed by atoms with Crippen LogP contribution in [0.5, 0.6) is 0 Å². The van der Waals surface area contributed by atoms with E-state index < -0.39 is 0 Å². The van der Waals surface area contributed by atoms with Gasteiger partial charge in [0.15, 0.2) is 0 Å². The van der Waals surface area contributed by atoms with Crippen molar-refractivity contribution in [2.24, 2.45) is 0 Å². The molecule has 0 aliphatic rings. The third kappa shape index (κ3) is 3.50. The fourth-order valence-corrected chi connectivity index (χ4v) is 1.67. The fraction of sp³-hybridized carbons (Fsp3) is 0.286.